The van der Waals surface area contributed by atoms with Crippen molar-refractivity contribution in [3.63, 3.8) is 0 Å². The molecule has 1 fully saturated rings. The molecule has 0 saturated carbocycles. The Morgan fingerprint density at radius 2 is 1.01 bits per heavy atom. The van der Waals surface area contributed by atoms with E-state index in [0.717, 1.165) is 32.7 Å². The number of allylic oxidation sites excluding steroid dienone is 1. The fourth-order valence-corrected chi connectivity index (χ4v) is 11.7. The number of alkyl halides is 3. The van der Waals surface area contributed by atoms with Crippen LogP contribution in [0.1, 0.15) is 36.5 Å². The summed E-state index contributed by atoms with van der Waals surface area (Å²) in [6.07, 6.45) is 7.54. The molecule has 8 aromatic carbocycles. The van der Waals surface area contributed by atoms with Crippen molar-refractivity contribution in [1.29, 1.82) is 0 Å². The van der Waals surface area contributed by atoms with Crippen LogP contribution in [0.25, 0.3) is 33.7 Å². The van der Waals surface area contributed by atoms with Gasteiger partial charge in [0.2, 0.25) is 0 Å². The molecule has 69 heavy (non-hydrogen) atoms. The van der Waals surface area contributed by atoms with E-state index in [1.807, 2.05) is 103 Å². The van der Waals surface area contributed by atoms with Crippen LogP contribution in [0.3, 0.4) is 0 Å². The molecule has 0 bridgehead atoms. The number of anilines is 2. The van der Waals surface area contributed by atoms with E-state index in [-0.39, 0.29) is 25.1 Å². The van der Waals surface area contributed by atoms with E-state index in [1.54, 1.807) is 91.9 Å². The number of aliphatic hydroxyl groups is 1. The van der Waals surface area contributed by atoms with Crippen molar-refractivity contribution in [2.45, 2.75) is 31.4 Å². The number of nitrogens with zero attached hydrogens (tertiary/aromatic N) is 2. The van der Waals surface area contributed by atoms with E-state index in [9.17, 15) is 31.3 Å². The second-order valence-electron chi connectivity index (χ2n) is 15.8. The fourth-order valence-electron chi connectivity index (χ4n) is 7.34. The maximum atomic E-state index is 13.6. The zero-order valence-corrected chi connectivity index (χ0v) is 39.6. The number of nitrogens with one attached hydrogen (secondary N) is 1. The van der Waals surface area contributed by atoms with Crippen molar-refractivity contribution in [2.75, 3.05) is 22.4 Å². The summed E-state index contributed by atoms with van der Waals surface area (Å²) in [5.74, 6) is 0.832. The van der Waals surface area contributed by atoms with Crippen molar-refractivity contribution >= 4 is 62.7 Å². The van der Waals surface area contributed by atoms with Crippen LogP contribution in [0.2, 0.25) is 0 Å². The number of halogens is 3. The maximum absolute atomic E-state index is 13.6. The van der Waals surface area contributed by atoms with Gasteiger partial charge in [0.1, 0.15) is 11.5 Å². The summed E-state index contributed by atoms with van der Waals surface area (Å²) in [7, 11) is -10.2. The summed E-state index contributed by atoms with van der Waals surface area (Å²) in [6.45, 7) is 4.04. The molecule has 1 aliphatic rings. The van der Waals surface area contributed by atoms with Gasteiger partial charge in [-0.1, -0.05) is 189 Å². The van der Waals surface area contributed by atoms with E-state index < -0.39 is 23.1 Å². The van der Waals surface area contributed by atoms with Crippen LogP contribution >= 0.6 is 7.59 Å². The largest absolute Gasteiger partial charge is 0.511 e. The van der Waals surface area contributed by atoms with E-state index in [1.165, 1.54) is 19.4 Å². The lowest BCUT2D eigenvalue weighted by Gasteiger charge is -2.32. The molecule has 1 aliphatic heterocycles. The Kier molecular flexibility index (Phi) is 17.6. The number of sulfonamides is 1. The smallest absolute Gasteiger partial charge is 0.508 e. The first kappa shape index (κ1) is 51.2. The third-order valence-corrected chi connectivity index (χ3v) is 15.4. The molecule has 0 aliphatic carbocycles. The van der Waals surface area contributed by atoms with E-state index >= 15 is 0 Å². The second kappa shape index (κ2) is 23.7. The Morgan fingerprint density at radius 3 is 1.52 bits per heavy atom. The normalized spacial score (nSPS) is 14.3. The standard InChI is InChI=1S/C20H18O.C15H15F3N3O3PS.C10H8O.C10H12O/c1-15(11-12-16-7-3-2-4-8-16)20-18-10-6-5-9-17(18)13-14-19(20)21;16-15(17,18)26(23,24)19-25(22)20(13-7-3-1-4-8-13)11-12-21(25)14-9-5-2-6-10-14;11-10-6-5-8-3-1-2-4-9(8)7-10;1-9(11)7-8-10-5-3-2-4-6-10/h2-15,21H,1H3;1-10H,11-12H2,(H,19,22);1-7,11H;2-9,11H,1H3/b12-11+;;;8-7+. The van der Waals surface area contributed by atoms with Gasteiger partial charge >= 0.3 is 23.1 Å². The second-order valence-corrected chi connectivity index (χ2v) is 20.1. The molecule has 0 radical (unpaired) electrons. The van der Waals surface area contributed by atoms with Crippen LogP contribution in [0.15, 0.2) is 212 Å². The van der Waals surface area contributed by atoms with Gasteiger partial charge in [-0.05, 0) is 82.1 Å². The third kappa shape index (κ3) is 14.0. The number of benzene rings is 8. The summed E-state index contributed by atoms with van der Waals surface area (Å²) in [4.78, 5) is 0. The minimum absolute atomic E-state index is 0.0938. The lowest BCUT2D eigenvalue weighted by Crippen LogP contribution is -2.40. The van der Waals surface area contributed by atoms with Crippen LogP contribution < -0.4 is 13.8 Å². The maximum Gasteiger partial charge on any atom is 0.511 e. The van der Waals surface area contributed by atoms with Gasteiger partial charge in [-0.25, -0.2) is 8.42 Å². The van der Waals surface area contributed by atoms with Gasteiger partial charge in [-0.2, -0.15) is 13.2 Å². The van der Waals surface area contributed by atoms with Gasteiger partial charge in [0.05, 0.1) is 6.10 Å². The van der Waals surface area contributed by atoms with Gasteiger partial charge in [0.15, 0.2) is 0 Å². The number of hydrogen-bond acceptors (Lipinski definition) is 6. The monoisotopic (exact) mass is 971 g/mol. The Hall–Kier alpha value is -7.15. The summed E-state index contributed by atoms with van der Waals surface area (Å²) in [6, 6.07) is 61.5. The fraction of sp³-hybridized carbons (Fsp3) is 0.127. The number of para-hydroxylation sites is 2. The van der Waals surface area contributed by atoms with E-state index in [2.05, 4.69) is 43.3 Å². The first-order chi connectivity index (χ1) is 33.1. The summed E-state index contributed by atoms with van der Waals surface area (Å²) in [5.41, 5.74) is -1.58. The Bertz CT molecular complexity index is 3060. The molecular formula is C55H53F3N3O6PS. The van der Waals surface area contributed by atoms with Crippen molar-refractivity contribution in [2.24, 2.45) is 0 Å². The average molecular weight is 972 g/mol. The predicted octanol–water partition coefficient (Wildman–Crippen LogP) is 13.5. The highest BCUT2D eigenvalue weighted by Gasteiger charge is 2.54. The van der Waals surface area contributed by atoms with Gasteiger partial charge in [0.25, 0.3) is 0 Å². The van der Waals surface area contributed by atoms with Gasteiger partial charge in [0, 0.05) is 35.9 Å². The highest BCUT2D eigenvalue weighted by atomic mass is 32.2. The SMILES string of the molecule is CC(/C=C/c1ccccc1)c1c(O)ccc2ccccc12.CC(O)/C=C/c1ccccc1.O=P1(NS(=O)(=O)C(F)(F)F)N(c2ccccc2)CCN1c1ccccc1.Oc1ccc2ccccc2c1. The van der Waals surface area contributed by atoms with Gasteiger partial charge < -0.3 is 15.3 Å². The van der Waals surface area contributed by atoms with Crippen LogP contribution in [-0.4, -0.2) is 48.4 Å². The van der Waals surface area contributed by atoms with Crippen LogP contribution in [0.4, 0.5) is 24.5 Å². The number of hydrogen-bond donors (Lipinski definition) is 4. The number of rotatable bonds is 9. The number of phenols is 2. The zero-order valence-electron chi connectivity index (χ0n) is 37.9. The summed E-state index contributed by atoms with van der Waals surface area (Å²) >= 11 is 0. The molecule has 1 heterocycles. The predicted molar refractivity (Wildman–Crippen MR) is 276 cm³/mol. The lowest BCUT2D eigenvalue weighted by atomic mass is 9.93. The molecule has 2 unspecified atom stereocenters. The lowest BCUT2D eigenvalue weighted by molar-refractivity contribution is -0.0441. The summed E-state index contributed by atoms with van der Waals surface area (Å²) < 4.78 is 79.5. The van der Waals surface area contributed by atoms with Crippen molar-refractivity contribution in [3.05, 3.63) is 229 Å². The highest BCUT2D eigenvalue weighted by Crippen LogP contribution is 2.58. The van der Waals surface area contributed by atoms with Crippen molar-refractivity contribution in [3.8, 4) is 11.5 Å². The summed E-state index contributed by atoms with van der Waals surface area (Å²) in [5, 5.41) is 32.8. The van der Waals surface area contributed by atoms with Crippen LogP contribution in [-0.2, 0) is 14.6 Å². The van der Waals surface area contributed by atoms with Gasteiger partial charge in [-0.15, -0.1) is 4.49 Å². The van der Waals surface area contributed by atoms with Crippen LogP contribution in [0, 0.1) is 0 Å². The highest BCUT2D eigenvalue weighted by molar-refractivity contribution is 7.97. The molecule has 9 rings (SSSR count). The number of aromatic hydroxyl groups is 2. The number of fused-ring (bicyclic) bond motifs is 2. The molecule has 14 heteroatoms. The Balaban J connectivity index is 0.000000161. The zero-order chi connectivity index (χ0) is 49.4. The first-order valence-electron chi connectivity index (χ1n) is 22.0. The molecule has 8 aromatic rings. The molecule has 356 valence electrons. The third-order valence-electron chi connectivity index (χ3n) is 10.7. The Morgan fingerprint density at radius 1 is 0.580 bits per heavy atom. The first-order valence-corrected chi connectivity index (χ1v) is 25.0. The minimum Gasteiger partial charge on any atom is -0.508 e. The molecule has 1 saturated heterocycles. The number of phenolic OH excluding ortho intramolecular Hbond substituents is 2. The molecule has 2 atom stereocenters. The molecule has 0 aromatic heterocycles. The molecule has 4 N–H and O–H groups in total. The molecular weight excluding hydrogens is 919 g/mol. The molecule has 9 nitrogen and oxygen atoms in total. The van der Waals surface area contributed by atoms with Gasteiger partial charge in [-0.3, -0.25) is 13.9 Å². The molecule has 0 amide bonds. The van der Waals surface area contributed by atoms with E-state index in [0.29, 0.717) is 22.9 Å². The quantitative estimate of drug-likeness (QED) is 0.105. The Labute approximate surface area is 401 Å². The van der Waals surface area contributed by atoms with Crippen LogP contribution in [0.5, 0.6) is 11.5 Å². The minimum atomic E-state index is -5.82. The van der Waals surface area contributed by atoms with Crippen molar-refractivity contribution in [1.82, 2.24) is 4.49 Å². The van der Waals surface area contributed by atoms with E-state index in [4.69, 9.17) is 10.2 Å². The average Bonchev–Trinajstić information content (AvgIpc) is 3.69. The molecule has 0 spiro atoms. The topological polar surface area (TPSA) is 130 Å². The van der Waals surface area contributed by atoms with Crippen molar-refractivity contribution < 1.29 is 41.5 Å². The number of aliphatic hydroxyl groups excluding tert-OH is 1.